The Morgan fingerprint density at radius 1 is 1.46 bits per heavy atom. The zero-order chi connectivity index (χ0) is 9.84. The summed E-state index contributed by atoms with van der Waals surface area (Å²) >= 11 is 0. The smallest absolute Gasteiger partial charge is 0.0713 e. The summed E-state index contributed by atoms with van der Waals surface area (Å²) in [6.45, 7) is 7.49. The molecule has 0 heterocycles. The minimum Gasteiger partial charge on any atom is -0.288 e. The molecule has 1 N–H and O–H groups in total. The van der Waals surface area contributed by atoms with Crippen molar-refractivity contribution in [2.75, 3.05) is 5.06 Å². The Labute approximate surface area is 79.1 Å². The first-order chi connectivity index (χ1) is 6.16. The maximum absolute atomic E-state index is 9.73. The van der Waals surface area contributed by atoms with Crippen molar-refractivity contribution < 1.29 is 5.21 Å². The van der Waals surface area contributed by atoms with Crippen molar-refractivity contribution in [3.05, 3.63) is 42.5 Å². The molecule has 1 atom stereocenters. The van der Waals surface area contributed by atoms with E-state index >= 15 is 0 Å². The van der Waals surface area contributed by atoms with Crippen molar-refractivity contribution >= 4 is 5.69 Å². The molecule has 13 heavy (non-hydrogen) atoms. The number of aryl methyl sites for hydroxylation is 1. The minimum atomic E-state index is -0.0684. The lowest BCUT2D eigenvalue weighted by Crippen LogP contribution is -2.27. The van der Waals surface area contributed by atoms with Gasteiger partial charge in [-0.3, -0.25) is 10.3 Å². The SMILES string of the molecule is C=CC(C)N(O)c1ccccc1C. The zero-order valence-electron chi connectivity index (χ0n) is 8.07. The molecule has 1 unspecified atom stereocenters. The topological polar surface area (TPSA) is 23.5 Å². The predicted octanol–water partition coefficient (Wildman–Crippen LogP) is 2.77. The maximum Gasteiger partial charge on any atom is 0.0713 e. The van der Waals surface area contributed by atoms with Crippen LogP contribution in [-0.4, -0.2) is 11.2 Å². The number of hydroxylamine groups is 1. The quantitative estimate of drug-likeness (QED) is 0.567. The van der Waals surface area contributed by atoms with Gasteiger partial charge in [-0.15, -0.1) is 6.58 Å². The summed E-state index contributed by atoms with van der Waals surface area (Å²) in [6.07, 6.45) is 1.70. The summed E-state index contributed by atoms with van der Waals surface area (Å²) < 4.78 is 0. The van der Waals surface area contributed by atoms with Crippen molar-refractivity contribution in [3.8, 4) is 0 Å². The molecule has 0 saturated carbocycles. The van der Waals surface area contributed by atoms with Gasteiger partial charge in [-0.2, -0.15) is 0 Å². The second kappa shape index (κ2) is 4.10. The van der Waals surface area contributed by atoms with Crippen molar-refractivity contribution in [2.24, 2.45) is 0 Å². The minimum absolute atomic E-state index is 0.0684. The Hall–Kier alpha value is -1.28. The van der Waals surface area contributed by atoms with Gasteiger partial charge in [-0.05, 0) is 25.5 Å². The normalized spacial score (nSPS) is 12.2. The van der Waals surface area contributed by atoms with E-state index in [-0.39, 0.29) is 6.04 Å². The molecule has 0 amide bonds. The van der Waals surface area contributed by atoms with E-state index in [0.717, 1.165) is 11.3 Å². The molecule has 1 rings (SSSR count). The van der Waals surface area contributed by atoms with E-state index in [9.17, 15) is 5.21 Å². The summed E-state index contributed by atoms with van der Waals surface area (Å²) in [5.74, 6) is 0. The molecular formula is C11H15NO. The second-order valence-electron chi connectivity index (χ2n) is 3.11. The molecule has 0 radical (unpaired) electrons. The molecule has 0 aromatic heterocycles. The molecule has 0 fully saturated rings. The van der Waals surface area contributed by atoms with Crippen molar-refractivity contribution in [2.45, 2.75) is 19.9 Å². The molecule has 0 spiro atoms. The van der Waals surface area contributed by atoms with Crippen molar-refractivity contribution in [1.82, 2.24) is 0 Å². The number of anilines is 1. The van der Waals surface area contributed by atoms with Gasteiger partial charge in [-0.1, -0.05) is 24.3 Å². The number of benzene rings is 1. The van der Waals surface area contributed by atoms with Crippen LogP contribution in [0.2, 0.25) is 0 Å². The fourth-order valence-electron chi connectivity index (χ4n) is 1.14. The maximum atomic E-state index is 9.73. The third-order valence-electron chi connectivity index (χ3n) is 2.09. The summed E-state index contributed by atoms with van der Waals surface area (Å²) in [6, 6.07) is 7.64. The number of rotatable bonds is 3. The Morgan fingerprint density at radius 3 is 2.62 bits per heavy atom. The first kappa shape index (κ1) is 9.81. The highest BCUT2D eigenvalue weighted by atomic mass is 16.5. The number of para-hydroxylation sites is 1. The highest BCUT2D eigenvalue weighted by molar-refractivity contribution is 5.51. The molecule has 1 aromatic rings. The van der Waals surface area contributed by atoms with Gasteiger partial charge in [0.25, 0.3) is 0 Å². The lowest BCUT2D eigenvalue weighted by molar-refractivity contribution is 0.238. The molecule has 2 nitrogen and oxygen atoms in total. The molecule has 2 heteroatoms. The standard InChI is InChI=1S/C11H15NO/c1-4-10(3)12(13)11-8-6-5-7-9(11)2/h4-8,10,13H,1H2,2-3H3. The van der Waals surface area contributed by atoms with Gasteiger partial charge in [0.05, 0.1) is 11.7 Å². The monoisotopic (exact) mass is 177 g/mol. The van der Waals surface area contributed by atoms with Gasteiger partial charge < -0.3 is 0 Å². The summed E-state index contributed by atoms with van der Waals surface area (Å²) in [4.78, 5) is 0. The molecule has 0 saturated heterocycles. The molecule has 0 aliphatic rings. The molecule has 0 aliphatic carbocycles. The molecule has 0 aliphatic heterocycles. The van der Waals surface area contributed by atoms with E-state index in [1.807, 2.05) is 38.1 Å². The lowest BCUT2D eigenvalue weighted by Gasteiger charge is -2.23. The van der Waals surface area contributed by atoms with Crippen LogP contribution in [0, 0.1) is 6.92 Å². The Balaban J connectivity index is 2.94. The first-order valence-electron chi connectivity index (χ1n) is 4.33. The highest BCUT2D eigenvalue weighted by Gasteiger charge is 2.09. The molecular weight excluding hydrogens is 162 g/mol. The summed E-state index contributed by atoms with van der Waals surface area (Å²) in [5.41, 5.74) is 1.88. The number of hydrogen-bond donors (Lipinski definition) is 1. The summed E-state index contributed by atoms with van der Waals surface area (Å²) in [7, 11) is 0. The first-order valence-corrected chi connectivity index (χ1v) is 4.33. The third kappa shape index (κ3) is 2.10. The van der Waals surface area contributed by atoms with E-state index in [1.165, 1.54) is 5.06 Å². The van der Waals surface area contributed by atoms with Crippen LogP contribution in [0.3, 0.4) is 0 Å². The van der Waals surface area contributed by atoms with E-state index in [2.05, 4.69) is 6.58 Å². The second-order valence-corrected chi connectivity index (χ2v) is 3.11. The zero-order valence-corrected chi connectivity index (χ0v) is 8.07. The van der Waals surface area contributed by atoms with Crippen LogP contribution in [0.4, 0.5) is 5.69 Å². The Bertz CT molecular complexity index is 296. The third-order valence-corrected chi connectivity index (χ3v) is 2.09. The van der Waals surface area contributed by atoms with Crippen molar-refractivity contribution in [1.29, 1.82) is 0 Å². The summed E-state index contributed by atoms with van der Waals surface area (Å²) in [5, 5.41) is 11.0. The fraction of sp³-hybridized carbons (Fsp3) is 0.273. The van der Waals surface area contributed by atoms with E-state index in [4.69, 9.17) is 0 Å². The van der Waals surface area contributed by atoms with Gasteiger partial charge >= 0.3 is 0 Å². The van der Waals surface area contributed by atoms with E-state index < -0.39 is 0 Å². The molecule has 0 bridgehead atoms. The van der Waals surface area contributed by atoms with Crippen LogP contribution in [0.1, 0.15) is 12.5 Å². The van der Waals surface area contributed by atoms with Crippen LogP contribution in [0.15, 0.2) is 36.9 Å². The largest absolute Gasteiger partial charge is 0.288 e. The van der Waals surface area contributed by atoms with E-state index in [1.54, 1.807) is 6.08 Å². The Kier molecular flexibility index (Phi) is 3.09. The fourth-order valence-corrected chi connectivity index (χ4v) is 1.14. The average molecular weight is 177 g/mol. The number of hydrogen-bond acceptors (Lipinski definition) is 2. The van der Waals surface area contributed by atoms with Crippen LogP contribution in [0.25, 0.3) is 0 Å². The van der Waals surface area contributed by atoms with Crippen LogP contribution >= 0.6 is 0 Å². The van der Waals surface area contributed by atoms with Crippen LogP contribution in [0.5, 0.6) is 0 Å². The average Bonchev–Trinajstić information content (AvgIpc) is 2.16. The van der Waals surface area contributed by atoms with Crippen molar-refractivity contribution in [3.63, 3.8) is 0 Å². The van der Waals surface area contributed by atoms with Crippen LogP contribution < -0.4 is 5.06 Å². The highest BCUT2D eigenvalue weighted by Crippen LogP contribution is 2.19. The molecule has 70 valence electrons. The Morgan fingerprint density at radius 2 is 2.08 bits per heavy atom. The van der Waals surface area contributed by atoms with Gasteiger partial charge in [0.15, 0.2) is 0 Å². The van der Waals surface area contributed by atoms with Gasteiger partial charge in [0.2, 0.25) is 0 Å². The van der Waals surface area contributed by atoms with Gasteiger partial charge in [-0.25, -0.2) is 0 Å². The molecule has 1 aromatic carbocycles. The predicted molar refractivity (Wildman–Crippen MR) is 55.1 cm³/mol. The van der Waals surface area contributed by atoms with Gasteiger partial charge in [0.1, 0.15) is 0 Å². The van der Waals surface area contributed by atoms with Gasteiger partial charge in [0, 0.05) is 0 Å². The van der Waals surface area contributed by atoms with Crippen LogP contribution in [-0.2, 0) is 0 Å². The van der Waals surface area contributed by atoms with E-state index in [0.29, 0.717) is 0 Å². The lowest BCUT2D eigenvalue weighted by atomic mass is 10.2. The number of nitrogens with zero attached hydrogens (tertiary/aromatic N) is 1.